The van der Waals surface area contributed by atoms with E-state index in [0.717, 1.165) is 0 Å². The van der Waals surface area contributed by atoms with Gasteiger partial charge in [-0.15, -0.1) is 0 Å². The predicted molar refractivity (Wildman–Crippen MR) is 40.1 cm³/mol. The molecular weight excluding hydrogens is 168 g/mol. The van der Waals surface area contributed by atoms with Crippen molar-refractivity contribution in [2.75, 3.05) is 14.2 Å². The number of ether oxygens (including phenoxy) is 2. The van der Waals surface area contributed by atoms with E-state index in [9.17, 15) is 0 Å². The summed E-state index contributed by atoms with van der Waals surface area (Å²) in [5, 5.41) is 16.4. The lowest BCUT2D eigenvalue weighted by Gasteiger charge is -2.00. The second kappa shape index (κ2) is 7.32. The number of rotatable bonds is 2. The molecule has 0 aliphatic rings. The Labute approximate surface area is 69.2 Å². The van der Waals surface area contributed by atoms with Gasteiger partial charge in [0.1, 0.15) is 0 Å². The molecular formula is C5H12N2O5. The molecule has 0 saturated heterocycles. The van der Waals surface area contributed by atoms with Gasteiger partial charge in [-0.05, 0) is 0 Å². The summed E-state index contributed by atoms with van der Waals surface area (Å²) in [4.78, 5) is 9.00. The van der Waals surface area contributed by atoms with Crippen molar-refractivity contribution in [3.63, 3.8) is 0 Å². The monoisotopic (exact) mass is 180 g/mol. The Morgan fingerprint density at radius 1 is 1.17 bits per heavy atom. The highest BCUT2D eigenvalue weighted by Crippen LogP contribution is 1.97. The molecule has 12 heavy (non-hydrogen) atoms. The summed E-state index contributed by atoms with van der Waals surface area (Å²) < 4.78 is 8.64. The first-order chi connectivity index (χ1) is 5.45. The minimum absolute atomic E-state index is 0.287. The Hall–Kier alpha value is -1.79. The molecule has 2 amide bonds. The first-order valence-corrected chi connectivity index (χ1v) is 2.70. The average Bonchev–Trinajstić information content (AvgIpc) is 1.87. The van der Waals surface area contributed by atoms with Gasteiger partial charge in [0.2, 0.25) is 0 Å². The lowest BCUT2D eigenvalue weighted by molar-refractivity contribution is 0.0375. The fraction of sp³-hybridized carbons (Fsp3) is 0.400. The van der Waals surface area contributed by atoms with Gasteiger partial charge in [-0.1, -0.05) is 0 Å². The summed E-state index contributed by atoms with van der Waals surface area (Å²) in [6.45, 7) is 0. The predicted octanol–water partition coefficient (Wildman–Crippen LogP) is -0.454. The highest BCUT2D eigenvalue weighted by Gasteiger charge is 2.00. The summed E-state index contributed by atoms with van der Waals surface area (Å²) in [5.41, 5.74) is 8.50. The van der Waals surface area contributed by atoms with Crippen molar-refractivity contribution in [3.8, 4) is 0 Å². The summed E-state index contributed by atoms with van der Waals surface area (Å²) in [7, 11) is 2.54. The van der Waals surface area contributed by atoms with Gasteiger partial charge >= 0.3 is 17.9 Å². The molecule has 0 fully saturated rings. The van der Waals surface area contributed by atoms with Gasteiger partial charge in [0.05, 0.1) is 14.2 Å². The summed E-state index contributed by atoms with van der Waals surface area (Å²) in [6.07, 6.45) is 0. The van der Waals surface area contributed by atoms with Gasteiger partial charge in [-0.3, -0.25) is 0 Å². The molecule has 0 aromatic heterocycles. The van der Waals surface area contributed by atoms with E-state index in [0.29, 0.717) is 0 Å². The maximum Gasteiger partial charge on any atom is 0.363 e. The molecule has 0 spiro atoms. The number of urea groups is 1. The molecule has 0 aromatic rings. The van der Waals surface area contributed by atoms with E-state index in [1.165, 1.54) is 14.2 Å². The normalized spacial score (nSPS) is 7.17. The van der Waals surface area contributed by atoms with Crippen LogP contribution in [0.4, 0.5) is 4.79 Å². The van der Waals surface area contributed by atoms with Crippen LogP contribution >= 0.6 is 0 Å². The highest BCUT2D eigenvalue weighted by molar-refractivity contribution is 5.69. The molecule has 0 heterocycles. The second-order valence-corrected chi connectivity index (χ2v) is 1.42. The first kappa shape index (κ1) is 12.8. The van der Waals surface area contributed by atoms with E-state index in [2.05, 4.69) is 20.9 Å². The molecule has 0 bridgehead atoms. The number of amides is 2. The van der Waals surface area contributed by atoms with Crippen LogP contribution in [0.2, 0.25) is 0 Å². The van der Waals surface area contributed by atoms with Crippen molar-refractivity contribution in [2.24, 2.45) is 11.5 Å². The van der Waals surface area contributed by atoms with Crippen molar-refractivity contribution in [3.05, 3.63) is 11.9 Å². The average molecular weight is 180 g/mol. The standard InChI is InChI=1S/C4H8O4.CH4N2O/c1-7-4(8-2)3(5)6;2-1(3)4/h5-6H,1-2H3;(H4,2,3,4). The van der Waals surface area contributed by atoms with E-state index in [1.807, 2.05) is 0 Å². The van der Waals surface area contributed by atoms with Gasteiger partial charge in [-0.2, -0.15) is 0 Å². The molecule has 0 aromatic carbocycles. The maximum absolute atomic E-state index is 9.00. The fourth-order valence-electron chi connectivity index (χ4n) is 0.266. The molecule has 0 aliphatic carbocycles. The number of aliphatic hydroxyl groups excluding tert-OH is 1. The summed E-state index contributed by atoms with van der Waals surface area (Å²) >= 11 is 0. The third-order valence-corrected chi connectivity index (χ3v) is 0.553. The number of carbonyl (C=O) groups is 1. The zero-order chi connectivity index (χ0) is 10.1. The Morgan fingerprint density at radius 3 is 1.42 bits per heavy atom. The number of aliphatic hydroxyl groups is 2. The number of hydrogen-bond donors (Lipinski definition) is 4. The molecule has 0 aliphatic heterocycles. The first-order valence-electron chi connectivity index (χ1n) is 2.70. The number of methoxy groups -OCH3 is 2. The van der Waals surface area contributed by atoms with Gasteiger partial charge in [0.25, 0.3) is 0 Å². The smallest absolute Gasteiger partial charge is 0.363 e. The van der Waals surface area contributed by atoms with Crippen LogP contribution < -0.4 is 11.5 Å². The van der Waals surface area contributed by atoms with E-state index in [-0.39, 0.29) is 5.95 Å². The van der Waals surface area contributed by atoms with E-state index >= 15 is 0 Å². The molecule has 72 valence electrons. The molecule has 7 nitrogen and oxygen atoms in total. The van der Waals surface area contributed by atoms with Crippen molar-refractivity contribution in [1.82, 2.24) is 0 Å². The van der Waals surface area contributed by atoms with Crippen LogP contribution in [0, 0.1) is 0 Å². The Bertz CT molecular complexity index is 153. The van der Waals surface area contributed by atoms with Crippen LogP contribution in [-0.4, -0.2) is 30.5 Å². The lowest BCUT2D eigenvalue weighted by Crippen LogP contribution is -2.18. The molecule has 0 unspecified atom stereocenters. The zero-order valence-electron chi connectivity index (χ0n) is 6.77. The van der Waals surface area contributed by atoms with Crippen LogP contribution in [0.25, 0.3) is 0 Å². The number of nitrogens with two attached hydrogens (primary N) is 2. The van der Waals surface area contributed by atoms with Crippen LogP contribution in [0.1, 0.15) is 0 Å². The Morgan fingerprint density at radius 2 is 1.42 bits per heavy atom. The summed E-state index contributed by atoms with van der Waals surface area (Å²) in [6, 6.07) is -0.833. The van der Waals surface area contributed by atoms with E-state index in [4.69, 9.17) is 15.0 Å². The molecule has 6 N–H and O–H groups in total. The minimum atomic E-state index is -0.949. The molecule has 0 atom stereocenters. The van der Waals surface area contributed by atoms with E-state index in [1.54, 1.807) is 0 Å². The van der Waals surface area contributed by atoms with Crippen LogP contribution in [-0.2, 0) is 9.47 Å². The largest absolute Gasteiger partial charge is 0.476 e. The zero-order valence-corrected chi connectivity index (χ0v) is 6.77. The van der Waals surface area contributed by atoms with Gasteiger partial charge in [0.15, 0.2) is 0 Å². The molecule has 0 radical (unpaired) electrons. The quantitative estimate of drug-likeness (QED) is 0.427. The number of hydrogen-bond acceptors (Lipinski definition) is 5. The van der Waals surface area contributed by atoms with Crippen molar-refractivity contribution >= 4 is 6.03 Å². The van der Waals surface area contributed by atoms with Crippen molar-refractivity contribution in [2.45, 2.75) is 0 Å². The maximum atomic E-state index is 9.00. The SMILES string of the molecule is COC(OC)=C(O)O.NC(N)=O. The fourth-order valence-corrected chi connectivity index (χ4v) is 0.266. The lowest BCUT2D eigenvalue weighted by atomic mass is 10.9. The summed E-state index contributed by atoms with van der Waals surface area (Å²) in [5.74, 6) is -1.24. The Kier molecular flexibility index (Phi) is 7.84. The third-order valence-electron chi connectivity index (χ3n) is 0.553. The van der Waals surface area contributed by atoms with Crippen molar-refractivity contribution in [1.29, 1.82) is 0 Å². The van der Waals surface area contributed by atoms with E-state index < -0.39 is 12.0 Å². The highest BCUT2D eigenvalue weighted by atomic mass is 16.7. The van der Waals surface area contributed by atoms with Crippen LogP contribution in [0.15, 0.2) is 11.9 Å². The van der Waals surface area contributed by atoms with Gasteiger partial charge in [0, 0.05) is 0 Å². The molecule has 0 rings (SSSR count). The third kappa shape index (κ3) is 11.1. The van der Waals surface area contributed by atoms with Crippen LogP contribution in [0.5, 0.6) is 0 Å². The minimum Gasteiger partial charge on any atom is -0.476 e. The van der Waals surface area contributed by atoms with Gasteiger partial charge < -0.3 is 31.2 Å². The van der Waals surface area contributed by atoms with Crippen LogP contribution in [0.3, 0.4) is 0 Å². The molecule has 0 saturated carbocycles. The number of carbonyl (C=O) groups excluding carboxylic acids is 1. The molecule has 7 heteroatoms. The number of primary amides is 2. The Balaban J connectivity index is 0. The van der Waals surface area contributed by atoms with Crippen molar-refractivity contribution < 1.29 is 24.5 Å². The van der Waals surface area contributed by atoms with Gasteiger partial charge in [-0.25, -0.2) is 4.79 Å². The topological polar surface area (TPSA) is 128 Å². The second-order valence-electron chi connectivity index (χ2n) is 1.42.